The molecule has 4 nitrogen and oxygen atoms in total. The van der Waals surface area contributed by atoms with E-state index in [1.165, 1.54) is 0 Å². The second-order valence-corrected chi connectivity index (χ2v) is 6.95. The van der Waals surface area contributed by atoms with E-state index in [-0.39, 0.29) is 10.7 Å². The Bertz CT molecular complexity index is 696. The first-order chi connectivity index (χ1) is 8.95. The molecule has 0 atom stereocenters. The monoisotopic (exact) mass is 278 g/mol. The van der Waals surface area contributed by atoms with Crippen LogP contribution in [0, 0.1) is 0 Å². The Hall–Kier alpha value is -1.88. The molecule has 100 valence electrons. The standard InChI is InChI=1S/C14H14O4S/c1-10(2)19(16,17)13-5-3-4-11(8-13)14-7-6-12(9-15)18-14/h3-10H,1-2H3. The fourth-order valence-corrected chi connectivity index (χ4v) is 2.77. The zero-order chi connectivity index (χ0) is 14.0. The molecule has 0 bridgehead atoms. The number of hydrogen-bond donors (Lipinski definition) is 0. The maximum absolute atomic E-state index is 12.1. The second-order valence-electron chi connectivity index (χ2n) is 4.44. The predicted molar refractivity (Wildman–Crippen MR) is 71.9 cm³/mol. The molecule has 2 rings (SSSR count). The van der Waals surface area contributed by atoms with Crippen LogP contribution in [0.25, 0.3) is 11.3 Å². The quantitative estimate of drug-likeness (QED) is 0.806. The third kappa shape index (κ3) is 2.61. The van der Waals surface area contributed by atoms with Crippen LogP contribution in [-0.2, 0) is 9.84 Å². The summed E-state index contributed by atoms with van der Waals surface area (Å²) in [6.45, 7) is 3.28. The van der Waals surface area contributed by atoms with Crippen LogP contribution in [0.4, 0.5) is 0 Å². The van der Waals surface area contributed by atoms with E-state index in [1.807, 2.05) is 0 Å². The third-order valence-corrected chi connectivity index (χ3v) is 4.96. The average molecular weight is 278 g/mol. The van der Waals surface area contributed by atoms with Crippen LogP contribution in [-0.4, -0.2) is 20.0 Å². The first-order valence-corrected chi connectivity index (χ1v) is 7.39. The van der Waals surface area contributed by atoms with Gasteiger partial charge in [-0.25, -0.2) is 8.42 Å². The van der Waals surface area contributed by atoms with Gasteiger partial charge in [0.1, 0.15) is 5.76 Å². The SMILES string of the molecule is CC(C)S(=O)(=O)c1cccc(-c2ccc(C=O)o2)c1. The lowest BCUT2D eigenvalue weighted by Gasteiger charge is -2.08. The number of rotatable bonds is 4. The van der Waals surface area contributed by atoms with Crippen molar-refractivity contribution in [3.63, 3.8) is 0 Å². The van der Waals surface area contributed by atoms with E-state index < -0.39 is 15.1 Å². The van der Waals surface area contributed by atoms with Gasteiger partial charge in [0.05, 0.1) is 10.1 Å². The van der Waals surface area contributed by atoms with Crippen LogP contribution < -0.4 is 0 Å². The van der Waals surface area contributed by atoms with Gasteiger partial charge in [-0.1, -0.05) is 12.1 Å². The van der Waals surface area contributed by atoms with Gasteiger partial charge >= 0.3 is 0 Å². The van der Waals surface area contributed by atoms with Crippen LogP contribution in [0.2, 0.25) is 0 Å². The molecule has 5 heteroatoms. The van der Waals surface area contributed by atoms with Crippen molar-refractivity contribution >= 4 is 16.1 Å². The van der Waals surface area contributed by atoms with Crippen molar-refractivity contribution in [3.8, 4) is 11.3 Å². The number of benzene rings is 1. The van der Waals surface area contributed by atoms with Gasteiger partial charge in [-0.05, 0) is 38.1 Å². The minimum atomic E-state index is -3.32. The van der Waals surface area contributed by atoms with Crippen molar-refractivity contribution in [1.82, 2.24) is 0 Å². The molecule has 0 aliphatic carbocycles. The van der Waals surface area contributed by atoms with Crippen LogP contribution >= 0.6 is 0 Å². The number of furan rings is 1. The molecular formula is C14H14O4S. The highest BCUT2D eigenvalue weighted by Gasteiger charge is 2.19. The molecule has 1 heterocycles. The van der Waals surface area contributed by atoms with Gasteiger partial charge < -0.3 is 4.42 Å². The zero-order valence-electron chi connectivity index (χ0n) is 10.7. The van der Waals surface area contributed by atoms with Crippen molar-refractivity contribution in [1.29, 1.82) is 0 Å². The minimum Gasteiger partial charge on any atom is -0.453 e. The van der Waals surface area contributed by atoms with Gasteiger partial charge in [0.15, 0.2) is 21.9 Å². The molecule has 1 aromatic carbocycles. The number of aldehydes is 1. The molecule has 0 radical (unpaired) electrons. The van der Waals surface area contributed by atoms with Crippen molar-refractivity contribution < 1.29 is 17.6 Å². The molecule has 0 saturated heterocycles. The first-order valence-electron chi connectivity index (χ1n) is 5.84. The molecule has 2 aromatic rings. The normalized spacial score (nSPS) is 11.7. The summed E-state index contributed by atoms with van der Waals surface area (Å²) >= 11 is 0. The number of carbonyl (C=O) groups is 1. The molecule has 1 aromatic heterocycles. The van der Waals surface area contributed by atoms with E-state index in [0.717, 1.165) is 0 Å². The van der Waals surface area contributed by atoms with E-state index >= 15 is 0 Å². The molecule has 19 heavy (non-hydrogen) atoms. The Labute approximate surface area is 112 Å². The van der Waals surface area contributed by atoms with Crippen LogP contribution in [0.1, 0.15) is 24.4 Å². The highest BCUT2D eigenvalue weighted by Crippen LogP contribution is 2.25. The number of carbonyl (C=O) groups excluding carboxylic acids is 1. The van der Waals surface area contributed by atoms with Crippen molar-refractivity contribution in [2.45, 2.75) is 24.0 Å². The maximum atomic E-state index is 12.1. The highest BCUT2D eigenvalue weighted by molar-refractivity contribution is 7.92. The summed E-state index contributed by atoms with van der Waals surface area (Å²) < 4.78 is 29.5. The summed E-state index contributed by atoms with van der Waals surface area (Å²) in [6.07, 6.45) is 0.609. The van der Waals surface area contributed by atoms with Gasteiger partial charge in [-0.2, -0.15) is 0 Å². The summed E-state index contributed by atoms with van der Waals surface area (Å²) in [5.74, 6) is 0.690. The lowest BCUT2D eigenvalue weighted by atomic mass is 10.2. The molecule has 0 unspecified atom stereocenters. The lowest BCUT2D eigenvalue weighted by molar-refractivity contribution is 0.110. The van der Waals surface area contributed by atoms with Crippen molar-refractivity contribution in [2.75, 3.05) is 0 Å². The Morgan fingerprint density at radius 1 is 1.16 bits per heavy atom. The maximum Gasteiger partial charge on any atom is 0.185 e. The Balaban J connectivity index is 2.48. The molecule has 0 fully saturated rings. The Morgan fingerprint density at radius 3 is 2.47 bits per heavy atom. The fourth-order valence-electron chi connectivity index (χ4n) is 1.67. The molecular weight excluding hydrogens is 264 g/mol. The number of hydrogen-bond acceptors (Lipinski definition) is 4. The van der Waals surface area contributed by atoms with Crippen LogP contribution in [0.5, 0.6) is 0 Å². The molecule has 0 saturated carbocycles. The van der Waals surface area contributed by atoms with Gasteiger partial charge in [-0.15, -0.1) is 0 Å². The summed E-state index contributed by atoms with van der Waals surface area (Å²) in [6, 6.07) is 9.71. The van der Waals surface area contributed by atoms with Gasteiger partial charge in [-0.3, -0.25) is 4.79 Å². The molecule has 0 aliphatic heterocycles. The second kappa shape index (κ2) is 5.01. The summed E-state index contributed by atoms with van der Waals surface area (Å²) in [5, 5.41) is -0.482. The molecule has 0 aliphatic rings. The minimum absolute atomic E-state index is 0.215. The molecule has 0 amide bonds. The van der Waals surface area contributed by atoms with Gasteiger partial charge in [0.25, 0.3) is 0 Å². The highest BCUT2D eigenvalue weighted by atomic mass is 32.2. The van der Waals surface area contributed by atoms with Crippen molar-refractivity contribution in [3.05, 3.63) is 42.2 Å². The van der Waals surface area contributed by atoms with E-state index in [2.05, 4.69) is 0 Å². The number of sulfone groups is 1. The van der Waals surface area contributed by atoms with Crippen LogP contribution in [0.15, 0.2) is 45.7 Å². The third-order valence-electron chi connectivity index (χ3n) is 2.81. The predicted octanol–water partition coefficient (Wildman–Crippen LogP) is 2.94. The van der Waals surface area contributed by atoms with E-state index in [9.17, 15) is 13.2 Å². The summed E-state index contributed by atoms with van der Waals surface area (Å²) in [5.41, 5.74) is 0.634. The first kappa shape index (κ1) is 13.5. The Kier molecular flexibility index (Phi) is 3.57. The largest absolute Gasteiger partial charge is 0.453 e. The lowest BCUT2D eigenvalue weighted by Crippen LogP contribution is -2.13. The van der Waals surface area contributed by atoms with Gasteiger partial charge in [0.2, 0.25) is 0 Å². The average Bonchev–Trinajstić information content (AvgIpc) is 2.87. The van der Waals surface area contributed by atoms with E-state index in [4.69, 9.17) is 4.42 Å². The van der Waals surface area contributed by atoms with Crippen molar-refractivity contribution in [2.24, 2.45) is 0 Å². The van der Waals surface area contributed by atoms with Gasteiger partial charge in [0, 0.05) is 5.56 Å². The summed E-state index contributed by atoms with van der Waals surface area (Å²) in [4.78, 5) is 10.8. The summed E-state index contributed by atoms with van der Waals surface area (Å²) in [7, 11) is -3.32. The van der Waals surface area contributed by atoms with Crippen LogP contribution in [0.3, 0.4) is 0 Å². The zero-order valence-corrected chi connectivity index (χ0v) is 11.5. The Morgan fingerprint density at radius 2 is 1.89 bits per heavy atom. The fraction of sp³-hybridized carbons (Fsp3) is 0.214. The molecule has 0 N–H and O–H groups in total. The van der Waals surface area contributed by atoms with E-state index in [0.29, 0.717) is 17.6 Å². The smallest absolute Gasteiger partial charge is 0.185 e. The van der Waals surface area contributed by atoms with E-state index in [1.54, 1.807) is 50.2 Å². The molecule has 0 spiro atoms. The topological polar surface area (TPSA) is 64.3 Å².